The Kier molecular flexibility index (Phi) is 11.9. The van der Waals surface area contributed by atoms with Crippen LogP contribution in [-0.4, -0.2) is 42.3 Å². The first-order valence-electron chi connectivity index (χ1n) is 11.5. The quantitative estimate of drug-likeness (QED) is 0.0648. The number of carbonyl (C=O) groups is 2. The number of benzene rings is 2. The van der Waals surface area contributed by atoms with Crippen LogP contribution in [0.5, 0.6) is 11.5 Å². The van der Waals surface area contributed by atoms with Crippen LogP contribution in [0.4, 0.5) is 0 Å². The van der Waals surface area contributed by atoms with Gasteiger partial charge in [0.15, 0.2) is 0 Å². The van der Waals surface area contributed by atoms with E-state index >= 15 is 0 Å². The lowest BCUT2D eigenvalue weighted by molar-refractivity contribution is -0.139. The van der Waals surface area contributed by atoms with Crippen LogP contribution in [0.2, 0.25) is 5.02 Å². The summed E-state index contributed by atoms with van der Waals surface area (Å²) in [5.41, 5.74) is 2.62. The zero-order valence-corrected chi connectivity index (χ0v) is 22.1. The fourth-order valence-corrected chi connectivity index (χ4v) is 4.68. The smallest absolute Gasteiger partial charge is 0.309 e. The average Bonchev–Trinajstić information content (AvgIpc) is 2.83. The van der Waals surface area contributed by atoms with Gasteiger partial charge in [0.2, 0.25) is 0 Å². The van der Waals surface area contributed by atoms with Crippen molar-refractivity contribution >= 4 is 41.0 Å². The second-order valence-corrected chi connectivity index (χ2v) is 9.27. The van der Waals surface area contributed by atoms with E-state index < -0.39 is 5.97 Å². The van der Waals surface area contributed by atoms with Crippen molar-refractivity contribution in [1.29, 1.82) is 0 Å². The summed E-state index contributed by atoms with van der Waals surface area (Å²) in [6.07, 6.45) is 2.91. The summed E-state index contributed by atoms with van der Waals surface area (Å²) < 4.78 is 16.3. The maximum Gasteiger partial charge on any atom is 0.309 e. The molecule has 2 aromatic rings. The molecule has 0 unspecified atom stereocenters. The van der Waals surface area contributed by atoms with Crippen molar-refractivity contribution in [1.82, 2.24) is 0 Å². The molecule has 0 saturated heterocycles. The Morgan fingerprint density at radius 1 is 1.17 bits per heavy atom. The van der Waals surface area contributed by atoms with E-state index in [1.54, 1.807) is 23.9 Å². The highest BCUT2D eigenvalue weighted by Crippen LogP contribution is 2.35. The van der Waals surface area contributed by atoms with Gasteiger partial charge in [0, 0.05) is 28.7 Å². The molecule has 7 nitrogen and oxygen atoms in total. The van der Waals surface area contributed by atoms with Crippen molar-refractivity contribution in [2.75, 3.05) is 19.5 Å². The number of hydrogen-bond donors (Lipinski definition) is 1. The molecule has 0 fully saturated rings. The first-order chi connectivity index (χ1) is 16.8. The maximum absolute atomic E-state index is 11.8. The van der Waals surface area contributed by atoms with E-state index in [1.165, 1.54) is 14.0 Å². The van der Waals surface area contributed by atoms with Crippen LogP contribution in [0, 0.1) is 0 Å². The summed E-state index contributed by atoms with van der Waals surface area (Å²) in [7, 11) is 1.36. The highest BCUT2D eigenvalue weighted by molar-refractivity contribution is 7.99. The molecular weight excluding hydrogens is 490 g/mol. The van der Waals surface area contributed by atoms with E-state index in [0.29, 0.717) is 47.2 Å². The zero-order chi connectivity index (χ0) is 25.8. The zero-order valence-electron chi connectivity index (χ0n) is 20.6. The molecule has 0 spiro atoms. The van der Waals surface area contributed by atoms with Crippen LogP contribution in [0.1, 0.15) is 56.7 Å². The molecule has 9 heteroatoms. The Hall–Kier alpha value is -2.71. The van der Waals surface area contributed by atoms with Gasteiger partial charge in [0.05, 0.1) is 30.9 Å². The number of esters is 2. The molecule has 0 atom stereocenters. The minimum Gasteiger partial charge on any atom is -0.493 e. The summed E-state index contributed by atoms with van der Waals surface area (Å²) in [6, 6.07) is 9.15. The van der Waals surface area contributed by atoms with Crippen LogP contribution in [0.3, 0.4) is 0 Å². The first-order valence-corrected chi connectivity index (χ1v) is 12.9. The van der Waals surface area contributed by atoms with Gasteiger partial charge in [-0.1, -0.05) is 43.1 Å². The van der Waals surface area contributed by atoms with Crippen molar-refractivity contribution in [3.8, 4) is 11.5 Å². The van der Waals surface area contributed by atoms with E-state index in [-0.39, 0.29) is 12.4 Å². The summed E-state index contributed by atoms with van der Waals surface area (Å²) in [5.74, 6) is 1.07. The Bertz CT molecular complexity index is 1060. The lowest BCUT2D eigenvalue weighted by atomic mass is 9.99. The Morgan fingerprint density at radius 3 is 2.54 bits per heavy atom. The van der Waals surface area contributed by atoms with Crippen LogP contribution in [0.15, 0.2) is 40.4 Å². The number of methoxy groups -OCH3 is 1. The normalized spacial score (nSPS) is 11.3. The summed E-state index contributed by atoms with van der Waals surface area (Å²) >= 11 is 7.98. The van der Waals surface area contributed by atoms with Gasteiger partial charge in [-0.25, -0.2) is 0 Å². The fourth-order valence-electron chi connectivity index (χ4n) is 3.47. The van der Waals surface area contributed by atoms with Gasteiger partial charge in [-0.2, -0.15) is 0 Å². The Morgan fingerprint density at radius 2 is 1.94 bits per heavy atom. The molecule has 2 aromatic carbocycles. The fraction of sp³-hybridized carbons (Fsp3) is 0.423. The number of carbonyl (C=O) groups excluding carboxylic acids is 2. The maximum atomic E-state index is 11.8. The number of halogens is 1. The molecule has 0 saturated carbocycles. The molecule has 0 aliphatic rings. The second kappa shape index (κ2) is 14.6. The van der Waals surface area contributed by atoms with E-state index in [4.69, 9.17) is 21.1 Å². The van der Waals surface area contributed by atoms with E-state index in [0.717, 1.165) is 34.6 Å². The van der Waals surface area contributed by atoms with Gasteiger partial charge in [-0.15, -0.1) is 11.8 Å². The third kappa shape index (κ3) is 8.47. The summed E-state index contributed by atoms with van der Waals surface area (Å²) in [5, 5.41) is 13.4. The largest absolute Gasteiger partial charge is 0.493 e. The average molecular weight is 522 g/mol. The highest BCUT2D eigenvalue weighted by atomic mass is 35.5. The van der Waals surface area contributed by atoms with Gasteiger partial charge < -0.3 is 19.4 Å². The SMILES string of the molecule is CCCc1c(OCCCSc2ccc(CC(=O)OC)cc2Cl)ccc(/C(CC)=N/O)c1OC(C)=O. The number of nitrogens with zero attached hydrogens (tertiary/aromatic N) is 1. The van der Waals surface area contributed by atoms with E-state index in [1.807, 2.05) is 32.0 Å². The van der Waals surface area contributed by atoms with Crippen molar-refractivity contribution in [2.24, 2.45) is 5.16 Å². The number of thioether (sulfide) groups is 1. The number of ether oxygens (including phenoxy) is 3. The van der Waals surface area contributed by atoms with Crippen LogP contribution >= 0.6 is 23.4 Å². The molecule has 190 valence electrons. The molecule has 0 aliphatic heterocycles. The molecule has 0 bridgehead atoms. The standard InChI is InChI=1S/C26H32ClNO6S/c1-5-8-20-23(11-10-19(22(6-2)28-31)26(20)34-17(3)29)33-13-7-14-35-24-12-9-18(15-21(24)27)16-25(30)32-4/h9-12,15,31H,5-8,13-14,16H2,1-4H3/b28-22+. The number of oxime groups is 1. The lowest BCUT2D eigenvalue weighted by Crippen LogP contribution is -2.12. The van der Waals surface area contributed by atoms with Crippen molar-refractivity contribution in [3.05, 3.63) is 52.0 Å². The molecule has 1 N–H and O–H groups in total. The van der Waals surface area contributed by atoms with Crippen LogP contribution in [0.25, 0.3) is 0 Å². The van der Waals surface area contributed by atoms with Crippen LogP contribution in [-0.2, 0) is 27.2 Å². The number of rotatable bonds is 13. The second-order valence-electron chi connectivity index (χ2n) is 7.73. The minimum atomic E-state index is -0.444. The molecule has 0 radical (unpaired) electrons. The number of hydrogen-bond acceptors (Lipinski definition) is 8. The van der Waals surface area contributed by atoms with Gasteiger partial charge in [0.1, 0.15) is 11.5 Å². The van der Waals surface area contributed by atoms with Gasteiger partial charge >= 0.3 is 11.9 Å². The third-order valence-electron chi connectivity index (χ3n) is 5.11. The molecule has 0 heterocycles. The topological polar surface area (TPSA) is 94.4 Å². The summed E-state index contributed by atoms with van der Waals surface area (Å²) in [4.78, 5) is 24.1. The van der Waals surface area contributed by atoms with E-state index in [2.05, 4.69) is 9.89 Å². The Balaban J connectivity index is 2.06. The molecule has 0 aliphatic carbocycles. The molecule has 0 aromatic heterocycles. The molecule has 0 amide bonds. The van der Waals surface area contributed by atoms with Crippen molar-refractivity contribution < 1.29 is 29.0 Å². The molecule has 35 heavy (non-hydrogen) atoms. The van der Waals surface area contributed by atoms with Gasteiger partial charge in [-0.3, -0.25) is 9.59 Å². The monoisotopic (exact) mass is 521 g/mol. The van der Waals surface area contributed by atoms with Crippen LogP contribution < -0.4 is 9.47 Å². The van der Waals surface area contributed by atoms with Crippen molar-refractivity contribution in [2.45, 2.75) is 57.8 Å². The highest BCUT2D eigenvalue weighted by Gasteiger charge is 2.20. The lowest BCUT2D eigenvalue weighted by Gasteiger charge is -2.18. The van der Waals surface area contributed by atoms with Gasteiger partial charge in [0.25, 0.3) is 0 Å². The predicted molar refractivity (Wildman–Crippen MR) is 138 cm³/mol. The third-order valence-corrected chi connectivity index (χ3v) is 6.69. The van der Waals surface area contributed by atoms with Crippen molar-refractivity contribution in [3.63, 3.8) is 0 Å². The molecular formula is C26H32ClNO6S. The minimum absolute atomic E-state index is 0.188. The predicted octanol–water partition coefficient (Wildman–Crippen LogP) is 6.08. The molecule has 2 rings (SSSR count). The Labute approximate surface area is 215 Å². The summed E-state index contributed by atoms with van der Waals surface area (Å²) in [6.45, 7) is 5.72. The van der Waals surface area contributed by atoms with Gasteiger partial charge in [-0.05, 0) is 49.1 Å². The van der Waals surface area contributed by atoms with E-state index in [9.17, 15) is 14.8 Å². The first kappa shape index (κ1) is 28.5.